The lowest BCUT2D eigenvalue weighted by atomic mass is 10.1. The van der Waals surface area contributed by atoms with Crippen molar-refractivity contribution >= 4 is 23.6 Å². The van der Waals surface area contributed by atoms with Gasteiger partial charge in [-0.1, -0.05) is 56.9 Å². The molecule has 2 aromatic rings. The van der Waals surface area contributed by atoms with E-state index in [1.165, 1.54) is 25.7 Å². The van der Waals surface area contributed by atoms with Gasteiger partial charge in [0.05, 0.1) is 5.69 Å². The van der Waals surface area contributed by atoms with Crippen LogP contribution in [0.5, 0.6) is 5.75 Å². The molecule has 1 amide bonds. The number of rotatable bonds is 15. The lowest BCUT2D eigenvalue weighted by Gasteiger charge is -2.32. The van der Waals surface area contributed by atoms with Gasteiger partial charge in [-0.3, -0.25) is 4.79 Å². The molecule has 0 radical (unpaired) electrons. The molecule has 6 nitrogen and oxygen atoms in total. The summed E-state index contributed by atoms with van der Waals surface area (Å²) in [6.45, 7) is 7.02. The number of aldehydes is 1. The van der Waals surface area contributed by atoms with E-state index in [0.29, 0.717) is 19.6 Å². The molecule has 0 spiro atoms. The average Bonchev–Trinajstić information content (AvgIpc) is 2.87. The van der Waals surface area contributed by atoms with Crippen molar-refractivity contribution in [2.24, 2.45) is 0 Å². The molecule has 1 aliphatic heterocycles. The van der Waals surface area contributed by atoms with Crippen molar-refractivity contribution < 1.29 is 19.1 Å². The number of unbranched alkanes of at least 4 members (excludes halogenated alkanes) is 4. The van der Waals surface area contributed by atoms with Crippen LogP contribution in [-0.4, -0.2) is 51.1 Å². The molecular weight excluding hydrogens is 428 g/mol. The fourth-order valence-corrected chi connectivity index (χ4v) is 4.33. The van der Waals surface area contributed by atoms with Crippen molar-refractivity contribution in [2.45, 2.75) is 58.5 Å². The van der Waals surface area contributed by atoms with E-state index >= 15 is 0 Å². The first-order valence-corrected chi connectivity index (χ1v) is 12.6. The first-order chi connectivity index (χ1) is 16.7. The maximum atomic E-state index is 12.6. The zero-order valence-electron chi connectivity index (χ0n) is 20.6. The summed E-state index contributed by atoms with van der Waals surface area (Å²) in [6, 6.07) is 16.1. The Morgan fingerprint density at radius 3 is 2.53 bits per heavy atom. The normalized spacial score (nSPS) is 13.8. The average molecular weight is 467 g/mol. The maximum Gasteiger partial charge on any atom is 0.265 e. The first kappa shape index (κ1) is 25.8. The summed E-state index contributed by atoms with van der Waals surface area (Å²) in [5.41, 5.74) is 3.05. The second-order valence-electron chi connectivity index (χ2n) is 8.70. The number of fused-ring (bicyclic) bond motifs is 1. The molecule has 0 aromatic heterocycles. The van der Waals surface area contributed by atoms with E-state index in [4.69, 9.17) is 9.47 Å². The van der Waals surface area contributed by atoms with E-state index in [1.54, 1.807) is 0 Å². The third-order valence-electron chi connectivity index (χ3n) is 6.20. The second-order valence-corrected chi connectivity index (χ2v) is 8.70. The van der Waals surface area contributed by atoms with Gasteiger partial charge in [-0.2, -0.15) is 0 Å². The van der Waals surface area contributed by atoms with Crippen LogP contribution in [0.4, 0.5) is 11.4 Å². The highest BCUT2D eigenvalue weighted by Gasteiger charge is 2.25. The van der Waals surface area contributed by atoms with Crippen molar-refractivity contribution in [1.82, 2.24) is 0 Å². The summed E-state index contributed by atoms with van der Waals surface area (Å²) in [6.07, 6.45) is 7.12. The van der Waals surface area contributed by atoms with Gasteiger partial charge in [0.25, 0.3) is 5.91 Å². The van der Waals surface area contributed by atoms with Crippen LogP contribution >= 0.6 is 0 Å². The van der Waals surface area contributed by atoms with Crippen molar-refractivity contribution in [1.29, 1.82) is 0 Å². The van der Waals surface area contributed by atoms with Gasteiger partial charge in [-0.25, -0.2) is 0 Å². The van der Waals surface area contributed by atoms with Gasteiger partial charge in [0.15, 0.2) is 6.61 Å². The zero-order chi connectivity index (χ0) is 24.2. The molecule has 3 rings (SSSR count). The van der Waals surface area contributed by atoms with Crippen molar-refractivity contribution in [2.75, 3.05) is 42.6 Å². The Hall–Kier alpha value is -2.86. The Bertz CT molecular complexity index is 900. The molecular formula is C28H38N2O4. The predicted molar refractivity (Wildman–Crippen MR) is 137 cm³/mol. The molecule has 2 aromatic carbocycles. The summed E-state index contributed by atoms with van der Waals surface area (Å²) in [5.74, 6) is 0.754. The molecule has 6 heteroatoms. The van der Waals surface area contributed by atoms with E-state index in [9.17, 15) is 9.59 Å². The smallest absolute Gasteiger partial charge is 0.265 e. The van der Waals surface area contributed by atoms with Crippen LogP contribution in [0, 0.1) is 0 Å². The summed E-state index contributed by atoms with van der Waals surface area (Å²) < 4.78 is 11.1. The lowest BCUT2D eigenvalue weighted by molar-refractivity contribution is -0.121. The first-order valence-electron chi connectivity index (χ1n) is 12.6. The summed E-state index contributed by atoms with van der Waals surface area (Å²) in [7, 11) is 0. The Balaban J connectivity index is 1.68. The van der Waals surface area contributed by atoms with E-state index in [2.05, 4.69) is 36.1 Å². The second kappa shape index (κ2) is 13.8. The Morgan fingerprint density at radius 1 is 1.03 bits per heavy atom. The van der Waals surface area contributed by atoms with E-state index in [-0.39, 0.29) is 12.5 Å². The third kappa shape index (κ3) is 7.32. The van der Waals surface area contributed by atoms with E-state index < -0.39 is 6.10 Å². The fourth-order valence-electron chi connectivity index (χ4n) is 4.33. The van der Waals surface area contributed by atoms with Crippen LogP contribution < -0.4 is 14.5 Å². The quantitative estimate of drug-likeness (QED) is 0.272. The molecule has 184 valence electrons. The van der Waals surface area contributed by atoms with Gasteiger partial charge in [-0.15, -0.1) is 0 Å². The van der Waals surface area contributed by atoms with Gasteiger partial charge in [0.2, 0.25) is 0 Å². The number of nitrogens with zero attached hydrogens (tertiary/aromatic N) is 2. The van der Waals surface area contributed by atoms with Crippen LogP contribution in [0.3, 0.4) is 0 Å². The van der Waals surface area contributed by atoms with Gasteiger partial charge < -0.3 is 24.1 Å². The van der Waals surface area contributed by atoms with Gasteiger partial charge >= 0.3 is 0 Å². The van der Waals surface area contributed by atoms with E-state index in [1.807, 2.05) is 36.1 Å². The van der Waals surface area contributed by atoms with Crippen LogP contribution in [0.1, 0.15) is 51.5 Å². The molecule has 1 aliphatic rings. The number of para-hydroxylation sites is 2. The molecule has 0 aliphatic carbocycles. The number of hydrogen-bond donors (Lipinski definition) is 0. The summed E-state index contributed by atoms with van der Waals surface area (Å²) >= 11 is 0. The van der Waals surface area contributed by atoms with Gasteiger partial charge in [-0.05, 0) is 43.2 Å². The highest BCUT2D eigenvalue weighted by Crippen LogP contribution is 2.31. The highest BCUT2D eigenvalue weighted by atomic mass is 16.5. The molecule has 0 saturated carbocycles. The minimum absolute atomic E-state index is 0.00669. The number of amides is 1. The molecule has 0 N–H and O–H groups in total. The molecule has 0 fully saturated rings. The number of carbonyl (C=O) groups excluding carboxylic acids is 2. The van der Waals surface area contributed by atoms with Crippen LogP contribution in [0.25, 0.3) is 0 Å². The Morgan fingerprint density at radius 2 is 1.79 bits per heavy atom. The molecule has 1 atom stereocenters. The van der Waals surface area contributed by atoms with E-state index in [0.717, 1.165) is 48.5 Å². The largest absolute Gasteiger partial charge is 0.482 e. The van der Waals surface area contributed by atoms with Crippen molar-refractivity contribution in [3.63, 3.8) is 0 Å². The SMILES string of the molecule is CCCCCCCN(CCN1C(=O)COc2ccccc21)c1ccc(CC(C=O)OCC)cc1. The summed E-state index contributed by atoms with van der Waals surface area (Å²) in [5, 5.41) is 0. The number of hydrogen-bond acceptors (Lipinski definition) is 5. The highest BCUT2D eigenvalue weighted by molar-refractivity contribution is 5.97. The minimum atomic E-state index is -0.405. The van der Waals surface area contributed by atoms with Crippen LogP contribution in [-0.2, 0) is 20.7 Å². The van der Waals surface area contributed by atoms with Gasteiger partial charge in [0.1, 0.15) is 18.1 Å². The Labute approximate surface area is 203 Å². The standard InChI is InChI=1S/C28H38N2O4/c1-3-5-6-7-10-17-29(24-15-13-23(14-16-24)20-25(21-31)33-4-2)18-19-30-26-11-8-9-12-27(26)34-22-28(30)32/h8-9,11-16,21,25H,3-7,10,17-20,22H2,1-2H3. The molecule has 0 saturated heterocycles. The molecule has 34 heavy (non-hydrogen) atoms. The van der Waals surface area contributed by atoms with Crippen LogP contribution in [0.15, 0.2) is 48.5 Å². The monoisotopic (exact) mass is 466 g/mol. The predicted octanol–water partition coefficient (Wildman–Crippen LogP) is 5.04. The van der Waals surface area contributed by atoms with Crippen molar-refractivity contribution in [3.05, 3.63) is 54.1 Å². The fraction of sp³-hybridized carbons (Fsp3) is 0.500. The van der Waals surface area contributed by atoms with Crippen molar-refractivity contribution in [3.8, 4) is 5.75 Å². The maximum absolute atomic E-state index is 12.6. The molecule has 1 heterocycles. The number of benzene rings is 2. The molecule has 1 unspecified atom stereocenters. The summed E-state index contributed by atoms with van der Waals surface area (Å²) in [4.78, 5) is 28.1. The molecule has 0 bridgehead atoms. The number of carbonyl (C=O) groups is 2. The minimum Gasteiger partial charge on any atom is -0.482 e. The number of anilines is 2. The Kier molecular flexibility index (Phi) is 10.4. The number of ether oxygens (including phenoxy) is 2. The van der Waals surface area contributed by atoms with Gasteiger partial charge in [0, 0.05) is 38.3 Å². The van der Waals surface area contributed by atoms with Crippen LogP contribution in [0.2, 0.25) is 0 Å². The lowest BCUT2D eigenvalue weighted by Crippen LogP contribution is -2.43. The zero-order valence-corrected chi connectivity index (χ0v) is 20.6. The third-order valence-corrected chi connectivity index (χ3v) is 6.20. The topological polar surface area (TPSA) is 59.1 Å².